The molecule has 1 N–H and O–H groups in total. The maximum Gasteiger partial charge on any atom is 0.326 e. The Kier molecular flexibility index (Phi) is 4.78. The van der Waals surface area contributed by atoms with Gasteiger partial charge in [-0.2, -0.15) is 0 Å². The lowest BCUT2D eigenvalue weighted by Crippen LogP contribution is -2.36. The van der Waals surface area contributed by atoms with E-state index in [-0.39, 0.29) is 5.56 Å². The summed E-state index contributed by atoms with van der Waals surface area (Å²) in [5, 5.41) is 4.55. The van der Waals surface area contributed by atoms with Crippen molar-refractivity contribution < 1.29 is 23.9 Å². The number of ketones is 1. The van der Waals surface area contributed by atoms with E-state index >= 15 is 0 Å². The molecule has 0 atom stereocenters. The predicted molar refractivity (Wildman–Crippen MR) is 107 cm³/mol. The smallest absolute Gasteiger partial charge is 0.326 e. The van der Waals surface area contributed by atoms with Crippen molar-refractivity contribution in [1.29, 1.82) is 0 Å². The van der Waals surface area contributed by atoms with Crippen LogP contribution in [0.1, 0.15) is 10.4 Å². The first-order valence-electron chi connectivity index (χ1n) is 8.93. The summed E-state index contributed by atoms with van der Waals surface area (Å²) in [7, 11) is 0. The lowest BCUT2D eigenvalue weighted by atomic mass is 10.1. The number of amides is 2. The number of hydrogen-bond donors (Lipinski definition) is 1. The Balaban J connectivity index is 1.37. The normalized spacial score (nSPS) is 12.8. The molecule has 3 aromatic carbocycles. The summed E-state index contributed by atoms with van der Waals surface area (Å²) in [4.78, 5) is 49.4. The third kappa shape index (κ3) is 3.58. The summed E-state index contributed by atoms with van der Waals surface area (Å²) in [5.74, 6) is -2.74. The lowest BCUT2D eigenvalue weighted by molar-refractivity contribution is -0.146. The van der Waals surface area contributed by atoms with Crippen molar-refractivity contribution >= 4 is 45.7 Å². The SMILES string of the molecule is O=C(COC(=O)CN1C(=O)C(=O)c2ccccc21)Nc1cccc2ccccc12. The van der Waals surface area contributed by atoms with E-state index in [1.54, 1.807) is 24.3 Å². The van der Waals surface area contributed by atoms with Crippen LogP contribution >= 0.6 is 0 Å². The van der Waals surface area contributed by atoms with Gasteiger partial charge in [-0.05, 0) is 23.6 Å². The maximum atomic E-state index is 12.2. The van der Waals surface area contributed by atoms with E-state index in [2.05, 4.69) is 5.32 Å². The molecule has 0 bridgehead atoms. The Morgan fingerprint density at radius 1 is 0.897 bits per heavy atom. The number of nitrogens with one attached hydrogen (secondary N) is 1. The van der Waals surface area contributed by atoms with Crippen LogP contribution in [0.3, 0.4) is 0 Å². The first-order valence-corrected chi connectivity index (χ1v) is 8.93. The van der Waals surface area contributed by atoms with Gasteiger partial charge in [0.25, 0.3) is 17.6 Å². The van der Waals surface area contributed by atoms with Gasteiger partial charge in [0.1, 0.15) is 6.54 Å². The number of carbonyl (C=O) groups excluding carboxylic acids is 4. The van der Waals surface area contributed by atoms with Crippen LogP contribution in [0.4, 0.5) is 11.4 Å². The summed E-state index contributed by atoms with van der Waals surface area (Å²) in [5.41, 5.74) is 1.22. The van der Waals surface area contributed by atoms with E-state index in [0.717, 1.165) is 15.7 Å². The number of hydrogen-bond acceptors (Lipinski definition) is 5. The number of nitrogens with zero attached hydrogens (tertiary/aromatic N) is 1. The minimum Gasteiger partial charge on any atom is -0.454 e. The van der Waals surface area contributed by atoms with Crippen molar-refractivity contribution in [3.63, 3.8) is 0 Å². The highest BCUT2D eigenvalue weighted by atomic mass is 16.5. The number of para-hydroxylation sites is 1. The topological polar surface area (TPSA) is 92.8 Å². The zero-order valence-corrected chi connectivity index (χ0v) is 15.3. The number of Topliss-reactive ketones (excluding diaryl/α,β-unsaturated/α-hetero) is 1. The third-order valence-corrected chi connectivity index (χ3v) is 4.59. The van der Waals surface area contributed by atoms with Gasteiger partial charge < -0.3 is 10.1 Å². The van der Waals surface area contributed by atoms with E-state index < -0.39 is 36.7 Å². The van der Waals surface area contributed by atoms with E-state index in [1.807, 2.05) is 36.4 Å². The van der Waals surface area contributed by atoms with Crippen molar-refractivity contribution in [3.8, 4) is 0 Å². The number of anilines is 2. The second kappa shape index (κ2) is 7.55. The van der Waals surface area contributed by atoms with Crippen LogP contribution in [0.15, 0.2) is 66.7 Å². The van der Waals surface area contributed by atoms with Crippen molar-refractivity contribution in [1.82, 2.24) is 0 Å². The van der Waals surface area contributed by atoms with E-state index in [0.29, 0.717) is 11.4 Å². The molecular weight excluding hydrogens is 372 g/mol. The van der Waals surface area contributed by atoms with Crippen molar-refractivity contribution in [2.24, 2.45) is 0 Å². The van der Waals surface area contributed by atoms with Crippen LogP contribution in [-0.4, -0.2) is 36.7 Å². The van der Waals surface area contributed by atoms with Crippen molar-refractivity contribution in [3.05, 3.63) is 72.3 Å². The molecule has 4 rings (SSSR count). The molecule has 1 aliphatic rings. The first kappa shape index (κ1) is 18.4. The van der Waals surface area contributed by atoms with Gasteiger partial charge in [-0.25, -0.2) is 0 Å². The average molecular weight is 388 g/mol. The molecule has 29 heavy (non-hydrogen) atoms. The summed E-state index contributed by atoms with van der Waals surface area (Å²) in [6.45, 7) is -0.942. The summed E-state index contributed by atoms with van der Waals surface area (Å²) in [6, 6.07) is 19.5. The molecule has 3 aromatic rings. The third-order valence-electron chi connectivity index (χ3n) is 4.59. The van der Waals surface area contributed by atoms with Gasteiger partial charge in [0.2, 0.25) is 0 Å². The fraction of sp³-hybridized carbons (Fsp3) is 0.0909. The van der Waals surface area contributed by atoms with Crippen LogP contribution in [0.5, 0.6) is 0 Å². The van der Waals surface area contributed by atoms with E-state index in [1.165, 1.54) is 6.07 Å². The number of benzene rings is 3. The van der Waals surface area contributed by atoms with Gasteiger partial charge in [0, 0.05) is 11.1 Å². The number of ether oxygens (including phenoxy) is 1. The van der Waals surface area contributed by atoms with E-state index in [9.17, 15) is 19.2 Å². The molecule has 0 unspecified atom stereocenters. The Hall–Kier alpha value is -4.00. The highest BCUT2D eigenvalue weighted by molar-refractivity contribution is 6.52. The molecule has 0 radical (unpaired) electrons. The zero-order valence-electron chi connectivity index (χ0n) is 15.3. The quantitative estimate of drug-likeness (QED) is 0.536. The molecule has 0 saturated heterocycles. The Morgan fingerprint density at radius 2 is 1.62 bits per heavy atom. The summed E-state index contributed by atoms with van der Waals surface area (Å²) >= 11 is 0. The van der Waals surface area contributed by atoms with Crippen LogP contribution in [0.2, 0.25) is 0 Å². The van der Waals surface area contributed by atoms with Crippen LogP contribution in [0.25, 0.3) is 10.8 Å². The van der Waals surface area contributed by atoms with Gasteiger partial charge >= 0.3 is 5.97 Å². The number of esters is 1. The second-order valence-electron chi connectivity index (χ2n) is 6.47. The molecule has 144 valence electrons. The van der Waals surface area contributed by atoms with Gasteiger partial charge in [-0.15, -0.1) is 0 Å². The second-order valence-corrected chi connectivity index (χ2v) is 6.47. The summed E-state index contributed by atoms with van der Waals surface area (Å²) in [6.07, 6.45) is 0. The Labute approximate surface area is 165 Å². The van der Waals surface area contributed by atoms with Crippen molar-refractivity contribution in [2.75, 3.05) is 23.4 Å². The Morgan fingerprint density at radius 3 is 2.48 bits per heavy atom. The monoisotopic (exact) mass is 388 g/mol. The molecule has 7 heteroatoms. The number of rotatable bonds is 5. The average Bonchev–Trinajstić information content (AvgIpc) is 2.98. The highest BCUT2D eigenvalue weighted by Gasteiger charge is 2.36. The fourth-order valence-corrected chi connectivity index (χ4v) is 3.25. The molecule has 0 aromatic heterocycles. The summed E-state index contributed by atoms with van der Waals surface area (Å²) < 4.78 is 4.99. The molecule has 0 spiro atoms. The first-order chi connectivity index (χ1) is 14.0. The molecule has 1 heterocycles. The van der Waals surface area contributed by atoms with Crippen LogP contribution in [0, 0.1) is 0 Å². The van der Waals surface area contributed by atoms with Gasteiger partial charge in [-0.3, -0.25) is 24.1 Å². The zero-order chi connectivity index (χ0) is 20.4. The minimum atomic E-state index is -0.789. The Bertz CT molecular complexity index is 1150. The molecule has 1 aliphatic heterocycles. The lowest BCUT2D eigenvalue weighted by Gasteiger charge is -2.15. The largest absolute Gasteiger partial charge is 0.454 e. The van der Waals surface area contributed by atoms with Crippen LogP contribution in [-0.2, 0) is 19.1 Å². The predicted octanol–water partition coefficient (Wildman–Crippen LogP) is 2.55. The van der Waals surface area contributed by atoms with Gasteiger partial charge in [0.05, 0.1) is 11.3 Å². The molecule has 2 amide bonds. The van der Waals surface area contributed by atoms with E-state index in [4.69, 9.17) is 4.74 Å². The van der Waals surface area contributed by atoms with Gasteiger partial charge in [-0.1, -0.05) is 48.5 Å². The highest BCUT2D eigenvalue weighted by Crippen LogP contribution is 2.28. The van der Waals surface area contributed by atoms with Gasteiger partial charge in [0.15, 0.2) is 6.61 Å². The molecule has 7 nitrogen and oxygen atoms in total. The fourth-order valence-electron chi connectivity index (χ4n) is 3.25. The minimum absolute atomic E-state index is 0.249. The maximum absolute atomic E-state index is 12.2. The van der Waals surface area contributed by atoms with Crippen LogP contribution < -0.4 is 10.2 Å². The molecule has 0 aliphatic carbocycles. The molecule has 0 fully saturated rings. The van der Waals surface area contributed by atoms with Crippen molar-refractivity contribution in [2.45, 2.75) is 0 Å². The number of carbonyl (C=O) groups is 4. The standard InChI is InChI=1S/C22H16N2O5/c25-19(23-17-10-5-7-14-6-1-2-8-15(14)17)13-29-20(26)12-24-18-11-4-3-9-16(18)21(27)22(24)28/h1-11H,12-13H2,(H,23,25). The molecular formula is C22H16N2O5. The number of fused-ring (bicyclic) bond motifs is 2. The molecule has 0 saturated carbocycles.